The van der Waals surface area contributed by atoms with Crippen LogP contribution in [0.1, 0.15) is 12.1 Å². The zero-order valence-corrected chi connectivity index (χ0v) is 12.4. The number of hydrogen-bond donors (Lipinski definition) is 2. The van der Waals surface area contributed by atoms with Gasteiger partial charge < -0.3 is 15.2 Å². The van der Waals surface area contributed by atoms with E-state index in [0.29, 0.717) is 25.3 Å². The summed E-state index contributed by atoms with van der Waals surface area (Å²) in [6, 6.07) is -0.944. The lowest BCUT2D eigenvalue weighted by Gasteiger charge is -2.25. The molecule has 2 fully saturated rings. The monoisotopic (exact) mass is 326 g/mol. The highest BCUT2D eigenvalue weighted by atomic mass is 35.5. The van der Waals surface area contributed by atoms with Crippen LogP contribution in [0.15, 0.2) is 12.4 Å². The number of carbonyl (C=O) groups is 2. The molecular weight excluding hydrogens is 312 g/mol. The number of carbonyl (C=O) groups excluding carboxylic acids is 1. The molecule has 8 nitrogen and oxygen atoms in total. The van der Waals surface area contributed by atoms with Crippen molar-refractivity contribution in [1.29, 1.82) is 0 Å². The molecule has 3 atom stereocenters. The summed E-state index contributed by atoms with van der Waals surface area (Å²) in [6.45, 7) is 0.951. The third-order valence-corrected chi connectivity index (χ3v) is 4.38. The lowest BCUT2D eigenvalue weighted by molar-refractivity contribution is -0.125. The minimum absolute atomic E-state index is 0.0759. The van der Waals surface area contributed by atoms with Gasteiger partial charge in [-0.15, -0.1) is 0 Å². The van der Waals surface area contributed by atoms with E-state index >= 15 is 0 Å². The molecule has 0 saturated carbocycles. The first-order chi connectivity index (χ1) is 10.6. The molecule has 2 unspecified atom stereocenters. The van der Waals surface area contributed by atoms with Crippen molar-refractivity contribution in [2.75, 3.05) is 13.2 Å². The number of amides is 2. The fraction of sp³-hybridized carbons (Fsp3) is 0.538. The molecule has 3 rings (SSSR count). The largest absolute Gasteiger partial charge is 0.465 e. The maximum absolute atomic E-state index is 12.3. The second-order valence-electron chi connectivity index (χ2n) is 5.32. The van der Waals surface area contributed by atoms with Crippen LogP contribution in [0.2, 0.25) is 5.15 Å². The number of nitrogens with zero attached hydrogens (tertiary/aromatic N) is 3. The van der Waals surface area contributed by atoms with Crippen LogP contribution in [0.3, 0.4) is 0 Å². The highest BCUT2D eigenvalue weighted by molar-refractivity contribution is 6.29. The highest BCUT2D eigenvalue weighted by Crippen LogP contribution is 2.34. The average Bonchev–Trinajstić information content (AvgIpc) is 3.05. The Morgan fingerprint density at radius 2 is 2.18 bits per heavy atom. The second-order valence-corrected chi connectivity index (χ2v) is 5.68. The normalized spacial score (nSPS) is 26.8. The third-order valence-electron chi connectivity index (χ3n) is 4.06. The van der Waals surface area contributed by atoms with Crippen LogP contribution in [-0.4, -0.2) is 57.3 Å². The number of rotatable bonds is 3. The SMILES string of the molecule is O=C(NCc1nccnc1Cl)C1CC2COC[C@H]2N1C(=O)O. The van der Waals surface area contributed by atoms with Crippen molar-refractivity contribution in [3.05, 3.63) is 23.2 Å². The van der Waals surface area contributed by atoms with Crippen molar-refractivity contribution in [2.45, 2.75) is 25.0 Å². The summed E-state index contributed by atoms with van der Waals surface area (Å²) in [4.78, 5) is 32.9. The number of aromatic nitrogens is 2. The number of halogens is 1. The summed E-state index contributed by atoms with van der Waals surface area (Å²) in [6.07, 6.45) is 2.30. The van der Waals surface area contributed by atoms with E-state index in [1.165, 1.54) is 17.3 Å². The van der Waals surface area contributed by atoms with Gasteiger partial charge in [-0.3, -0.25) is 14.7 Å². The minimum atomic E-state index is -1.10. The molecule has 2 N–H and O–H groups in total. The van der Waals surface area contributed by atoms with E-state index in [1.807, 2.05) is 0 Å². The Balaban J connectivity index is 1.67. The number of likely N-dealkylation sites (tertiary alicyclic amines) is 1. The van der Waals surface area contributed by atoms with Gasteiger partial charge in [0, 0.05) is 18.3 Å². The van der Waals surface area contributed by atoms with E-state index < -0.39 is 12.1 Å². The molecule has 118 valence electrons. The predicted molar refractivity (Wildman–Crippen MR) is 75.3 cm³/mol. The van der Waals surface area contributed by atoms with E-state index in [1.54, 1.807) is 0 Å². The Labute approximate surface area is 131 Å². The summed E-state index contributed by atoms with van der Waals surface area (Å²) in [7, 11) is 0. The van der Waals surface area contributed by atoms with Gasteiger partial charge in [-0.05, 0) is 6.42 Å². The van der Waals surface area contributed by atoms with E-state index in [2.05, 4.69) is 15.3 Å². The summed E-state index contributed by atoms with van der Waals surface area (Å²) in [5.74, 6) is -0.273. The number of nitrogens with one attached hydrogen (secondary N) is 1. The first-order valence-electron chi connectivity index (χ1n) is 6.90. The first-order valence-corrected chi connectivity index (χ1v) is 7.28. The lowest BCUT2D eigenvalue weighted by Crippen LogP contribution is -2.49. The molecule has 9 heteroatoms. The summed E-state index contributed by atoms with van der Waals surface area (Å²) in [5.41, 5.74) is 0.445. The molecule has 22 heavy (non-hydrogen) atoms. The number of ether oxygens (including phenoxy) is 1. The molecule has 0 bridgehead atoms. The molecule has 0 radical (unpaired) electrons. The molecule has 2 saturated heterocycles. The quantitative estimate of drug-likeness (QED) is 0.838. The van der Waals surface area contributed by atoms with Gasteiger partial charge in [0.05, 0.1) is 31.5 Å². The number of carboxylic acid groups (broad SMARTS) is 1. The van der Waals surface area contributed by atoms with Crippen LogP contribution < -0.4 is 5.32 Å². The fourth-order valence-corrected chi connectivity index (χ4v) is 3.19. The molecule has 1 aromatic rings. The van der Waals surface area contributed by atoms with Gasteiger partial charge >= 0.3 is 6.09 Å². The average molecular weight is 327 g/mol. The minimum Gasteiger partial charge on any atom is -0.465 e. The molecule has 2 amide bonds. The van der Waals surface area contributed by atoms with Crippen LogP contribution in [-0.2, 0) is 16.1 Å². The predicted octanol–water partition coefficient (Wildman–Crippen LogP) is 0.513. The lowest BCUT2D eigenvalue weighted by atomic mass is 10.0. The van der Waals surface area contributed by atoms with Crippen LogP contribution in [0.25, 0.3) is 0 Å². The molecular formula is C13H15ClN4O4. The van der Waals surface area contributed by atoms with Gasteiger partial charge in [0.25, 0.3) is 0 Å². The molecule has 0 spiro atoms. The van der Waals surface area contributed by atoms with Crippen LogP contribution in [0.4, 0.5) is 4.79 Å². The second kappa shape index (κ2) is 6.05. The van der Waals surface area contributed by atoms with Crippen molar-refractivity contribution in [1.82, 2.24) is 20.2 Å². The molecule has 1 aromatic heterocycles. The van der Waals surface area contributed by atoms with E-state index in [4.69, 9.17) is 16.3 Å². The Morgan fingerprint density at radius 1 is 1.41 bits per heavy atom. The maximum Gasteiger partial charge on any atom is 0.408 e. The summed E-state index contributed by atoms with van der Waals surface area (Å²) < 4.78 is 5.29. The van der Waals surface area contributed by atoms with Crippen molar-refractivity contribution < 1.29 is 19.4 Å². The highest BCUT2D eigenvalue weighted by Gasteiger charge is 2.49. The molecule has 0 aromatic carbocycles. The number of fused-ring (bicyclic) bond motifs is 1. The maximum atomic E-state index is 12.3. The smallest absolute Gasteiger partial charge is 0.408 e. The van der Waals surface area contributed by atoms with Gasteiger partial charge in [0.2, 0.25) is 5.91 Å². The van der Waals surface area contributed by atoms with Crippen LogP contribution >= 0.6 is 11.6 Å². The van der Waals surface area contributed by atoms with Gasteiger partial charge in [-0.1, -0.05) is 11.6 Å². The standard InChI is InChI=1S/C13H15ClN4O4/c14-11-8(15-1-2-16-11)4-17-12(19)9-3-7-5-22-6-10(7)18(9)13(20)21/h1-2,7,9-10H,3-6H2,(H,17,19)(H,20,21)/t7?,9?,10-/m1/s1. The molecule has 0 aliphatic carbocycles. The number of hydrogen-bond acceptors (Lipinski definition) is 5. The summed E-state index contributed by atoms with van der Waals surface area (Å²) in [5, 5.41) is 12.3. The van der Waals surface area contributed by atoms with Crippen LogP contribution in [0, 0.1) is 5.92 Å². The first kappa shape index (κ1) is 15.0. The topological polar surface area (TPSA) is 105 Å². The van der Waals surface area contributed by atoms with Crippen molar-refractivity contribution in [3.8, 4) is 0 Å². The Kier molecular flexibility index (Phi) is 4.12. The van der Waals surface area contributed by atoms with Gasteiger partial charge in [-0.25, -0.2) is 9.78 Å². The van der Waals surface area contributed by atoms with Crippen molar-refractivity contribution >= 4 is 23.6 Å². The fourth-order valence-electron chi connectivity index (χ4n) is 3.02. The van der Waals surface area contributed by atoms with Crippen LogP contribution in [0.5, 0.6) is 0 Å². The van der Waals surface area contributed by atoms with E-state index in [9.17, 15) is 14.7 Å². The molecule has 2 aliphatic heterocycles. The molecule has 3 heterocycles. The van der Waals surface area contributed by atoms with Gasteiger partial charge in [0.1, 0.15) is 6.04 Å². The van der Waals surface area contributed by atoms with Crippen molar-refractivity contribution in [3.63, 3.8) is 0 Å². The third kappa shape index (κ3) is 2.71. The van der Waals surface area contributed by atoms with E-state index in [0.717, 1.165) is 0 Å². The Hall–Kier alpha value is -1.93. The Morgan fingerprint density at radius 3 is 2.91 bits per heavy atom. The summed E-state index contributed by atoms with van der Waals surface area (Å²) >= 11 is 5.88. The van der Waals surface area contributed by atoms with Gasteiger partial charge in [-0.2, -0.15) is 0 Å². The zero-order chi connectivity index (χ0) is 15.7. The zero-order valence-electron chi connectivity index (χ0n) is 11.6. The van der Waals surface area contributed by atoms with Gasteiger partial charge in [0.15, 0.2) is 5.15 Å². The Bertz CT molecular complexity index is 599. The van der Waals surface area contributed by atoms with E-state index in [-0.39, 0.29) is 29.6 Å². The molecule has 2 aliphatic rings. The van der Waals surface area contributed by atoms with Crippen molar-refractivity contribution in [2.24, 2.45) is 5.92 Å².